The van der Waals surface area contributed by atoms with Gasteiger partial charge in [0.15, 0.2) is 4.34 Å². The molecule has 3 amide bonds. The molecule has 9 nitrogen and oxygen atoms in total. The summed E-state index contributed by atoms with van der Waals surface area (Å²) < 4.78 is 0.670. The molecule has 0 spiro atoms. The number of hydrogen-bond acceptors (Lipinski definition) is 10. The second-order valence-corrected chi connectivity index (χ2v) is 8.99. The Kier molecular flexibility index (Phi) is 7.99. The molecular formula is C18H18N6O3S3. The molecule has 156 valence electrons. The van der Waals surface area contributed by atoms with Crippen LogP contribution in [0.3, 0.4) is 0 Å². The van der Waals surface area contributed by atoms with E-state index in [1.54, 1.807) is 36.7 Å². The van der Waals surface area contributed by atoms with Gasteiger partial charge < -0.3 is 10.6 Å². The van der Waals surface area contributed by atoms with Crippen molar-refractivity contribution >= 4 is 63.1 Å². The van der Waals surface area contributed by atoms with Crippen LogP contribution in [0.1, 0.15) is 5.56 Å². The number of imide groups is 1. The van der Waals surface area contributed by atoms with Gasteiger partial charge in [0.25, 0.3) is 11.1 Å². The first-order chi connectivity index (χ1) is 14.6. The Labute approximate surface area is 185 Å². The molecule has 2 N–H and O–H groups in total. The molecule has 0 bridgehead atoms. The highest BCUT2D eigenvalue weighted by Gasteiger charge is 2.34. The zero-order valence-electron chi connectivity index (χ0n) is 15.7. The SMILES string of the molecule is C=CCNc1nnc(SCC(=O)NCCN2C(=O)S/C(=C/c3cccnc3)C2=O)s1. The average molecular weight is 463 g/mol. The van der Waals surface area contributed by atoms with Crippen molar-refractivity contribution in [2.24, 2.45) is 0 Å². The van der Waals surface area contributed by atoms with Crippen LogP contribution in [0.25, 0.3) is 6.08 Å². The number of carbonyl (C=O) groups is 3. The van der Waals surface area contributed by atoms with Crippen LogP contribution in [0.15, 0.2) is 46.4 Å². The maximum Gasteiger partial charge on any atom is 0.293 e. The van der Waals surface area contributed by atoms with E-state index in [1.165, 1.54) is 23.1 Å². The fraction of sp³-hybridized carbons (Fsp3) is 0.222. The van der Waals surface area contributed by atoms with Crippen LogP contribution >= 0.6 is 34.9 Å². The first kappa shape index (κ1) is 22.0. The largest absolute Gasteiger partial charge is 0.357 e. The molecule has 0 atom stereocenters. The topological polar surface area (TPSA) is 117 Å². The third kappa shape index (κ3) is 6.15. The van der Waals surface area contributed by atoms with Crippen molar-refractivity contribution in [1.82, 2.24) is 25.4 Å². The molecule has 3 rings (SSSR count). The normalized spacial score (nSPS) is 14.9. The molecule has 0 aliphatic carbocycles. The first-order valence-electron chi connectivity index (χ1n) is 8.80. The van der Waals surface area contributed by atoms with Gasteiger partial charge in [0, 0.05) is 32.0 Å². The first-order valence-corrected chi connectivity index (χ1v) is 11.4. The summed E-state index contributed by atoms with van der Waals surface area (Å²) in [5.41, 5.74) is 0.743. The number of hydrogen-bond donors (Lipinski definition) is 2. The predicted molar refractivity (Wildman–Crippen MR) is 119 cm³/mol. The summed E-state index contributed by atoms with van der Waals surface area (Å²) in [6.45, 7) is 4.49. The smallest absolute Gasteiger partial charge is 0.293 e. The highest BCUT2D eigenvalue weighted by molar-refractivity contribution is 8.18. The second kappa shape index (κ2) is 10.9. The standard InChI is InChI=1S/C18H18N6O3S3/c1-2-5-21-16-22-23-17(30-16)28-11-14(25)20-7-8-24-15(26)13(29-18(24)27)9-12-4-3-6-19-10-12/h2-4,6,9-10H,1,5,7-8,11H2,(H,20,25)(H,21,22)/b13-9+. The number of aromatic nitrogens is 3. The Morgan fingerprint density at radius 3 is 2.97 bits per heavy atom. The Hall–Kier alpha value is -2.70. The molecular weight excluding hydrogens is 444 g/mol. The minimum atomic E-state index is -0.370. The highest BCUT2D eigenvalue weighted by Crippen LogP contribution is 2.31. The lowest BCUT2D eigenvalue weighted by Crippen LogP contribution is -2.37. The number of rotatable bonds is 10. The molecule has 2 aromatic rings. The Morgan fingerprint density at radius 2 is 2.20 bits per heavy atom. The van der Waals surface area contributed by atoms with Crippen LogP contribution in [0.5, 0.6) is 0 Å². The van der Waals surface area contributed by atoms with Crippen LogP contribution in [-0.2, 0) is 9.59 Å². The van der Waals surface area contributed by atoms with E-state index in [4.69, 9.17) is 0 Å². The average Bonchev–Trinajstić information content (AvgIpc) is 3.31. The fourth-order valence-corrected chi connectivity index (χ4v) is 4.74. The van der Waals surface area contributed by atoms with Gasteiger partial charge >= 0.3 is 0 Å². The lowest BCUT2D eigenvalue weighted by molar-refractivity contribution is -0.123. The molecule has 12 heteroatoms. The zero-order chi connectivity index (χ0) is 21.3. The van der Waals surface area contributed by atoms with E-state index in [-0.39, 0.29) is 35.9 Å². The highest BCUT2D eigenvalue weighted by atomic mass is 32.2. The van der Waals surface area contributed by atoms with Gasteiger partial charge in [-0.15, -0.1) is 16.8 Å². The van der Waals surface area contributed by atoms with Gasteiger partial charge in [-0.3, -0.25) is 24.3 Å². The zero-order valence-corrected chi connectivity index (χ0v) is 18.2. The van der Waals surface area contributed by atoms with Gasteiger partial charge in [-0.2, -0.15) is 0 Å². The third-order valence-corrected chi connectivity index (χ3v) is 6.57. The molecule has 0 unspecified atom stereocenters. The quantitative estimate of drug-likeness (QED) is 0.312. The molecule has 0 aromatic carbocycles. The molecule has 0 radical (unpaired) electrons. The van der Waals surface area contributed by atoms with Gasteiger partial charge in [-0.05, 0) is 29.5 Å². The van der Waals surface area contributed by atoms with Gasteiger partial charge in [0.05, 0.1) is 10.7 Å². The molecule has 1 aliphatic rings. The van der Waals surface area contributed by atoms with Gasteiger partial charge in [0.2, 0.25) is 11.0 Å². The fourth-order valence-electron chi connectivity index (χ4n) is 2.29. The summed E-state index contributed by atoms with van der Waals surface area (Å²) in [5, 5.41) is 14.0. The number of anilines is 1. The lowest BCUT2D eigenvalue weighted by Gasteiger charge is -2.12. The maximum atomic E-state index is 12.4. The van der Waals surface area contributed by atoms with E-state index in [2.05, 4.69) is 32.4 Å². The summed E-state index contributed by atoms with van der Waals surface area (Å²) in [6, 6.07) is 3.55. The van der Waals surface area contributed by atoms with Crippen molar-refractivity contribution in [1.29, 1.82) is 0 Å². The van der Waals surface area contributed by atoms with Crippen LogP contribution < -0.4 is 10.6 Å². The number of carbonyl (C=O) groups excluding carboxylic acids is 3. The summed E-state index contributed by atoms with van der Waals surface area (Å²) in [6.07, 6.45) is 6.59. The minimum absolute atomic E-state index is 0.111. The lowest BCUT2D eigenvalue weighted by atomic mass is 10.2. The third-order valence-electron chi connectivity index (χ3n) is 3.64. The molecule has 1 fully saturated rings. The van der Waals surface area contributed by atoms with Crippen molar-refractivity contribution in [3.05, 3.63) is 47.6 Å². The number of amides is 3. The van der Waals surface area contributed by atoms with E-state index in [9.17, 15) is 14.4 Å². The number of nitrogens with one attached hydrogen (secondary N) is 2. The Bertz CT molecular complexity index is 963. The van der Waals surface area contributed by atoms with Crippen molar-refractivity contribution < 1.29 is 14.4 Å². The van der Waals surface area contributed by atoms with Crippen molar-refractivity contribution in [2.45, 2.75) is 4.34 Å². The van der Waals surface area contributed by atoms with E-state index >= 15 is 0 Å². The van der Waals surface area contributed by atoms with E-state index in [0.717, 1.165) is 22.2 Å². The molecule has 1 aliphatic heterocycles. The van der Waals surface area contributed by atoms with Crippen LogP contribution in [0.4, 0.5) is 9.93 Å². The van der Waals surface area contributed by atoms with Crippen molar-refractivity contribution in [3.8, 4) is 0 Å². The maximum absolute atomic E-state index is 12.4. The van der Waals surface area contributed by atoms with Gasteiger partial charge in [-0.1, -0.05) is 35.2 Å². The number of nitrogens with zero attached hydrogens (tertiary/aromatic N) is 4. The van der Waals surface area contributed by atoms with E-state index < -0.39 is 0 Å². The Morgan fingerprint density at radius 1 is 1.33 bits per heavy atom. The molecule has 1 saturated heterocycles. The van der Waals surface area contributed by atoms with Gasteiger partial charge in [-0.25, -0.2) is 0 Å². The molecule has 3 heterocycles. The van der Waals surface area contributed by atoms with Crippen LogP contribution in [0, 0.1) is 0 Å². The number of pyridine rings is 1. The Balaban J connectivity index is 1.42. The molecule has 30 heavy (non-hydrogen) atoms. The summed E-state index contributed by atoms with van der Waals surface area (Å²) in [7, 11) is 0. The predicted octanol–water partition coefficient (Wildman–Crippen LogP) is 2.48. The van der Waals surface area contributed by atoms with E-state index in [0.29, 0.717) is 20.9 Å². The van der Waals surface area contributed by atoms with Gasteiger partial charge in [0.1, 0.15) is 0 Å². The summed E-state index contributed by atoms with van der Waals surface area (Å²) in [5.74, 6) is -0.418. The molecule has 2 aromatic heterocycles. The minimum Gasteiger partial charge on any atom is -0.357 e. The molecule has 0 saturated carbocycles. The van der Waals surface area contributed by atoms with Crippen molar-refractivity contribution in [3.63, 3.8) is 0 Å². The summed E-state index contributed by atoms with van der Waals surface area (Å²) >= 11 is 3.50. The number of thioether (sulfide) groups is 2. The summed E-state index contributed by atoms with van der Waals surface area (Å²) in [4.78, 5) is 42.0. The van der Waals surface area contributed by atoms with Crippen LogP contribution in [0.2, 0.25) is 0 Å². The van der Waals surface area contributed by atoms with Crippen LogP contribution in [-0.4, -0.2) is 62.5 Å². The second-order valence-electron chi connectivity index (χ2n) is 5.80. The monoisotopic (exact) mass is 462 g/mol. The van der Waals surface area contributed by atoms with Crippen molar-refractivity contribution in [2.75, 3.05) is 30.7 Å². The van der Waals surface area contributed by atoms with E-state index in [1.807, 2.05) is 0 Å².